The van der Waals surface area contributed by atoms with E-state index in [0.29, 0.717) is 12.4 Å². The van der Waals surface area contributed by atoms with Gasteiger partial charge in [0.05, 0.1) is 11.5 Å². The molecule has 0 radical (unpaired) electrons. The highest BCUT2D eigenvalue weighted by Gasteiger charge is 2.39. The predicted octanol–water partition coefficient (Wildman–Crippen LogP) is 1.62. The molecule has 0 spiro atoms. The molecule has 116 valence electrons. The van der Waals surface area contributed by atoms with Gasteiger partial charge in [-0.1, -0.05) is 6.92 Å². The van der Waals surface area contributed by atoms with Crippen molar-refractivity contribution in [2.45, 2.75) is 37.1 Å². The molecule has 1 aromatic carbocycles. The summed E-state index contributed by atoms with van der Waals surface area (Å²) in [5, 5.41) is 9.09. The van der Waals surface area contributed by atoms with E-state index < -0.39 is 22.0 Å². The van der Waals surface area contributed by atoms with Crippen LogP contribution < -0.4 is 9.46 Å². The monoisotopic (exact) mass is 313 g/mol. The third kappa shape index (κ3) is 4.18. The topological polar surface area (TPSA) is 92.7 Å². The highest BCUT2D eigenvalue weighted by molar-refractivity contribution is 7.89. The summed E-state index contributed by atoms with van der Waals surface area (Å²) in [6, 6.07) is 4.91. The zero-order valence-electron chi connectivity index (χ0n) is 11.8. The Labute approximate surface area is 124 Å². The normalized spacial score (nSPS) is 16.4. The van der Waals surface area contributed by atoms with Gasteiger partial charge in [0.2, 0.25) is 10.0 Å². The standard InChI is InChI=1S/C14H19NO5S/c1-2-9-20-11-5-7-12(8-6-11)21(18,19)15-13(14(16)17)10-3-4-10/h5-8,10,13,15H,2-4,9H2,1H3,(H,16,17). The maximum Gasteiger partial charge on any atom is 0.322 e. The molecule has 21 heavy (non-hydrogen) atoms. The number of carboxylic acid groups (broad SMARTS) is 1. The highest BCUT2D eigenvalue weighted by atomic mass is 32.2. The lowest BCUT2D eigenvalue weighted by atomic mass is 10.2. The molecule has 0 aromatic heterocycles. The summed E-state index contributed by atoms with van der Waals surface area (Å²) in [5.41, 5.74) is 0. The summed E-state index contributed by atoms with van der Waals surface area (Å²) < 4.78 is 32.0. The third-order valence-electron chi connectivity index (χ3n) is 3.25. The molecule has 2 rings (SSSR count). The second-order valence-corrected chi connectivity index (χ2v) is 6.81. The van der Waals surface area contributed by atoms with Crippen LogP contribution in [0, 0.1) is 5.92 Å². The van der Waals surface area contributed by atoms with Crippen LogP contribution in [0.5, 0.6) is 5.75 Å². The molecule has 1 fully saturated rings. The maximum absolute atomic E-state index is 12.2. The molecule has 1 unspecified atom stereocenters. The smallest absolute Gasteiger partial charge is 0.322 e. The van der Waals surface area contributed by atoms with Crippen molar-refractivity contribution in [1.82, 2.24) is 4.72 Å². The first-order valence-corrected chi connectivity index (χ1v) is 8.40. The zero-order chi connectivity index (χ0) is 15.5. The second kappa shape index (κ2) is 6.44. The zero-order valence-corrected chi connectivity index (χ0v) is 12.6. The summed E-state index contributed by atoms with van der Waals surface area (Å²) in [6.07, 6.45) is 2.34. The molecule has 1 atom stereocenters. The van der Waals surface area contributed by atoms with Gasteiger partial charge in [0.15, 0.2) is 0 Å². The Kier molecular flexibility index (Phi) is 4.84. The molecule has 1 aromatic rings. The minimum Gasteiger partial charge on any atom is -0.494 e. The van der Waals surface area contributed by atoms with Gasteiger partial charge in [-0.3, -0.25) is 4.79 Å². The van der Waals surface area contributed by atoms with Crippen LogP contribution in [0.2, 0.25) is 0 Å². The van der Waals surface area contributed by atoms with Crippen molar-refractivity contribution in [3.63, 3.8) is 0 Å². The summed E-state index contributed by atoms with van der Waals surface area (Å²) in [6.45, 7) is 2.54. The number of rotatable bonds is 8. The molecule has 0 aliphatic heterocycles. The van der Waals surface area contributed by atoms with Crippen LogP contribution in [0.25, 0.3) is 0 Å². The summed E-state index contributed by atoms with van der Waals surface area (Å²) in [7, 11) is -3.83. The Morgan fingerprint density at radius 3 is 2.48 bits per heavy atom. The van der Waals surface area contributed by atoms with E-state index in [1.54, 1.807) is 12.1 Å². The van der Waals surface area contributed by atoms with Crippen LogP contribution in [0.1, 0.15) is 26.2 Å². The third-order valence-corrected chi connectivity index (χ3v) is 4.71. The molecule has 1 aliphatic rings. The number of carbonyl (C=O) groups is 1. The van der Waals surface area contributed by atoms with Crippen LogP contribution in [0.4, 0.5) is 0 Å². The number of hydrogen-bond acceptors (Lipinski definition) is 4. The van der Waals surface area contributed by atoms with E-state index in [0.717, 1.165) is 19.3 Å². The maximum atomic E-state index is 12.2. The largest absolute Gasteiger partial charge is 0.494 e. The van der Waals surface area contributed by atoms with Crippen molar-refractivity contribution in [3.05, 3.63) is 24.3 Å². The number of hydrogen-bond donors (Lipinski definition) is 2. The Hall–Kier alpha value is -1.60. The number of ether oxygens (including phenoxy) is 1. The van der Waals surface area contributed by atoms with E-state index in [-0.39, 0.29) is 10.8 Å². The van der Waals surface area contributed by atoms with Gasteiger partial charge in [-0.05, 0) is 49.4 Å². The van der Waals surface area contributed by atoms with Gasteiger partial charge in [0.25, 0.3) is 0 Å². The van der Waals surface area contributed by atoms with Crippen molar-refractivity contribution in [3.8, 4) is 5.75 Å². The summed E-state index contributed by atoms with van der Waals surface area (Å²) >= 11 is 0. The van der Waals surface area contributed by atoms with E-state index in [2.05, 4.69) is 4.72 Å². The molecule has 1 saturated carbocycles. The van der Waals surface area contributed by atoms with Crippen LogP contribution >= 0.6 is 0 Å². The van der Waals surface area contributed by atoms with E-state index >= 15 is 0 Å². The number of aliphatic carboxylic acids is 1. The van der Waals surface area contributed by atoms with Gasteiger partial charge >= 0.3 is 5.97 Å². The van der Waals surface area contributed by atoms with Crippen LogP contribution in [0.3, 0.4) is 0 Å². The molecule has 2 N–H and O–H groups in total. The Morgan fingerprint density at radius 1 is 1.38 bits per heavy atom. The molecule has 0 heterocycles. The number of sulfonamides is 1. The minimum absolute atomic E-state index is 0.0400. The lowest BCUT2D eigenvalue weighted by molar-refractivity contribution is -0.139. The van der Waals surface area contributed by atoms with Crippen molar-refractivity contribution in [1.29, 1.82) is 0 Å². The molecule has 1 aliphatic carbocycles. The van der Waals surface area contributed by atoms with E-state index in [9.17, 15) is 13.2 Å². The molecular formula is C14H19NO5S. The van der Waals surface area contributed by atoms with Gasteiger partial charge in [-0.25, -0.2) is 8.42 Å². The minimum atomic E-state index is -3.83. The van der Waals surface area contributed by atoms with Gasteiger partial charge < -0.3 is 9.84 Å². The number of benzene rings is 1. The molecular weight excluding hydrogens is 294 g/mol. The number of nitrogens with one attached hydrogen (secondary N) is 1. The first kappa shape index (κ1) is 15.8. The van der Waals surface area contributed by atoms with Crippen LogP contribution in [-0.2, 0) is 14.8 Å². The van der Waals surface area contributed by atoms with Crippen molar-refractivity contribution >= 4 is 16.0 Å². The highest BCUT2D eigenvalue weighted by Crippen LogP contribution is 2.33. The average Bonchev–Trinajstić information content (AvgIpc) is 3.27. The van der Waals surface area contributed by atoms with Crippen LogP contribution in [0.15, 0.2) is 29.2 Å². The fraction of sp³-hybridized carbons (Fsp3) is 0.500. The van der Waals surface area contributed by atoms with Crippen molar-refractivity contribution in [2.75, 3.05) is 6.61 Å². The van der Waals surface area contributed by atoms with Gasteiger partial charge in [0.1, 0.15) is 11.8 Å². The van der Waals surface area contributed by atoms with Gasteiger partial charge in [0, 0.05) is 0 Å². The molecule has 0 amide bonds. The van der Waals surface area contributed by atoms with Crippen molar-refractivity contribution in [2.24, 2.45) is 5.92 Å². The first-order chi connectivity index (χ1) is 9.94. The van der Waals surface area contributed by atoms with E-state index in [1.165, 1.54) is 12.1 Å². The SMILES string of the molecule is CCCOc1ccc(S(=O)(=O)NC(C(=O)O)C2CC2)cc1. The van der Waals surface area contributed by atoms with Gasteiger partial charge in [-0.2, -0.15) is 4.72 Å². The molecule has 0 saturated heterocycles. The van der Waals surface area contributed by atoms with Crippen LogP contribution in [-0.4, -0.2) is 32.1 Å². The quantitative estimate of drug-likeness (QED) is 0.760. The van der Waals surface area contributed by atoms with E-state index in [1.807, 2.05) is 6.92 Å². The molecule has 7 heteroatoms. The van der Waals surface area contributed by atoms with E-state index in [4.69, 9.17) is 9.84 Å². The Bertz CT molecular complexity index is 592. The predicted molar refractivity (Wildman–Crippen MR) is 76.7 cm³/mol. The van der Waals surface area contributed by atoms with Gasteiger partial charge in [-0.15, -0.1) is 0 Å². The molecule has 6 nitrogen and oxygen atoms in total. The lowest BCUT2D eigenvalue weighted by Crippen LogP contribution is -2.42. The summed E-state index contributed by atoms with van der Waals surface area (Å²) in [5.74, 6) is -0.652. The first-order valence-electron chi connectivity index (χ1n) is 6.92. The lowest BCUT2D eigenvalue weighted by Gasteiger charge is -2.14. The fourth-order valence-corrected chi connectivity index (χ4v) is 3.21. The number of carboxylic acids is 1. The second-order valence-electron chi connectivity index (χ2n) is 5.09. The summed E-state index contributed by atoms with van der Waals surface area (Å²) in [4.78, 5) is 11.2. The Morgan fingerprint density at radius 2 is 2.00 bits per heavy atom. The average molecular weight is 313 g/mol. The molecule has 0 bridgehead atoms. The fourth-order valence-electron chi connectivity index (χ4n) is 1.95. The Balaban J connectivity index is 2.09. The van der Waals surface area contributed by atoms with Crippen molar-refractivity contribution < 1.29 is 23.1 Å².